The molecule has 1 aliphatic rings. The van der Waals surface area contributed by atoms with E-state index in [0.29, 0.717) is 5.92 Å². The van der Waals surface area contributed by atoms with Crippen LogP contribution < -0.4 is 5.56 Å². The summed E-state index contributed by atoms with van der Waals surface area (Å²) < 4.78 is 1.73. The Hall–Kier alpha value is -1.13. The Bertz CT molecular complexity index is 416. The maximum atomic E-state index is 11.5. The molecule has 2 heterocycles. The molecule has 2 unspecified atom stereocenters. The lowest BCUT2D eigenvalue weighted by Gasteiger charge is -2.34. The summed E-state index contributed by atoms with van der Waals surface area (Å²) in [5.74, 6) is 0.330. The second-order valence-corrected chi connectivity index (χ2v) is 4.87. The van der Waals surface area contributed by atoms with Crippen molar-refractivity contribution in [2.75, 3.05) is 19.6 Å². The fourth-order valence-corrected chi connectivity index (χ4v) is 2.32. The van der Waals surface area contributed by atoms with Gasteiger partial charge in [0.05, 0.1) is 6.10 Å². The Labute approximate surface area is 101 Å². The van der Waals surface area contributed by atoms with Gasteiger partial charge in [-0.05, 0) is 18.4 Å². The fraction of sp³-hybridized carbons (Fsp3) is 0.615. The zero-order valence-corrected chi connectivity index (χ0v) is 10.2. The summed E-state index contributed by atoms with van der Waals surface area (Å²) in [5, 5.41) is 9.64. The lowest BCUT2D eigenvalue weighted by molar-refractivity contribution is 0.0338. The van der Waals surface area contributed by atoms with E-state index in [-0.39, 0.29) is 11.7 Å². The first-order valence-corrected chi connectivity index (χ1v) is 6.22. The Morgan fingerprint density at radius 2 is 2.24 bits per heavy atom. The van der Waals surface area contributed by atoms with E-state index in [0.717, 1.165) is 32.6 Å². The van der Waals surface area contributed by atoms with Gasteiger partial charge in [-0.2, -0.15) is 0 Å². The van der Waals surface area contributed by atoms with Crippen LogP contribution in [-0.4, -0.2) is 40.3 Å². The maximum absolute atomic E-state index is 11.5. The van der Waals surface area contributed by atoms with Crippen molar-refractivity contribution >= 4 is 0 Å². The van der Waals surface area contributed by atoms with E-state index in [9.17, 15) is 9.90 Å². The smallest absolute Gasteiger partial charge is 0.250 e. The highest BCUT2D eigenvalue weighted by atomic mass is 16.3. The number of rotatable bonds is 3. The largest absolute Gasteiger partial charge is 0.393 e. The molecule has 17 heavy (non-hydrogen) atoms. The molecule has 1 aromatic heterocycles. The van der Waals surface area contributed by atoms with Crippen LogP contribution in [0.4, 0.5) is 0 Å². The number of hydrogen-bond donors (Lipinski definition) is 1. The number of pyridine rings is 1. The highest BCUT2D eigenvalue weighted by Crippen LogP contribution is 2.15. The van der Waals surface area contributed by atoms with Crippen molar-refractivity contribution in [3.63, 3.8) is 0 Å². The SMILES string of the molecule is CC1CN(CCn2ccccc2=O)CCC1O. The molecule has 0 aromatic carbocycles. The number of aromatic nitrogens is 1. The number of aliphatic hydroxyl groups is 1. The lowest BCUT2D eigenvalue weighted by Crippen LogP contribution is -2.43. The molecule has 0 bridgehead atoms. The second-order valence-electron chi connectivity index (χ2n) is 4.87. The van der Waals surface area contributed by atoms with Gasteiger partial charge in [-0.1, -0.05) is 13.0 Å². The first-order chi connectivity index (χ1) is 8.16. The second kappa shape index (κ2) is 5.47. The van der Waals surface area contributed by atoms with Crippen molar-refractivity contribution in [2.24, 2.45) is 5.92 Å². The minimum atomic E-state index is -0.161. The summed E-state index contributed by atoms with van der Waals surface area (Å²) >= 11 is 0. The van der Waals surface area contributed by atoms with Crippen LogP contribution in [-0.2, 0) is 6.54 Å². The molecule has 1 fully saturated rings. The molecule has 1 saturated heterocycles. The molecule has 0 radical (unpaired) electrons. The number of piperidine rings is 1. The Kier molecular flexibility index (Phi) is 3.97. The van der Waals surface area contributed by atoms with Gasteiger partial charge in [0, 0.05) is 38.4 Å². The van der Waals surface area contributed by atoms with Crippen molar-refractivity contribution < 1.29 is 5.11 Å². The number of hydrogen-bond acceptors (Lipinski definition) is 3. The maximum Gasteiger partial charge on any atom is 0.250 e. The van der Waals surface area contributed by atoms with Crippen LogP contribution in [0.3, 0.4) is 0 Å². The average Bonchev–Trinajstić information content (AvgIpc) is 2.32. The molecule has 4 heteroatoms. The third-order valence-electron chi connectivity index (χ3n) is 3.50. The van der Waals surface area contributed by atoms with Crippen molar-refractivity contribution in [1.29, 1.82) is 0 Å². The molecule has 94 valence electrons. The van der Waals surface area contributed by atoms with Crippen LogP contribution in [0.5, 0.6) is 0 Å². The van der Waals surface area contributed by atoms with Crippen molar-refractivity contribution in [3.8, 4) is 0 Å². The van der Waals surface area contributed by atoms with Gasteiger partial charge < -0.3 is 14.6 Å². The first-order valence-electron chi connectivity index (χ1n) is 6.22. The standard InChI is InChI=1S/C13H20N2O2/c1-11-10-14(7-5-12(11)16)8-9-15-6-3-2-4-13(15)17/h2-4,6,11-12,16H,5,7-10H2,1H3. The predicted octanol–water partition coefficient (Wildman–Crippen LogP) is 0.551. The molecule has 0 spiro atoms. The Morgan fingerprint density at radius 3 is 2.94 bits per heavy atom. The highest BCUT2D eigenvalue weighted by Gasteiger charge is 2.23. The van der Waals surface area contributed by atoms with Crippen LogP contribution in [0.15, 0.2) is 29.2 Å². The first kappa shape index (κ1) is 12.3. The van der Waals surface area contributed by atoms with Crippen molar-refractivity contribution in [1.82, 2.24) is 9.47 Å². The Morgan fingerprint density at radius 1 is 1.41 bits per heavy atom. The topological polar surface area (TPSA) is 45.5 Å². The number of nitrogens with zero attached hydrogens (tertiary/aromatic N) is 2. The summed E-state index contributed by atoms with van der Waals surface area (Å²) in [6.07, 6.45) is 2.50. The van der Waals surface area contributed by atoms with Gasteiger partial charge in [-0.25, -0.2) is 0 Å². The minimum Gasteiger partial charge on any atom is -0.393 e. The Balaban J connectivity index is 1.87. The van der Waals surface area contributed by atoms with Crippen LogP contribution in [0, 0.1) is 5.92 Å². The van der Waals surface area contributed by atoms with E-state index in [1.54, 1.807) is 16.7 Å². The van der Waals surface area contributed by atoms with E-state index in [1.165, 1.54) is 0 Å². The van der Waals surface area contributed by atoms with Gasteiger partial charge >= 0.3 is 0 Å². The van der Waals surface area contributed by atoms with Gasteiger partial charge in [0.1, 0.15) is 0 Å². The van der Waals surface area contributed by atoms with Gasteiger partial charge in [0.15, 0.2) is 0 Å². The molecular formula is C13H20N2O2. The number of likely N-dealkylation sites (tertiary alicyclic amines) is 1. The predicted molar refractivity (Wildman–Crippen MR) is 66.9 cm³/mol. The van der Waals surface area contributed by atoms with E-state index in [2.05, 4.69) is 11.8 Å². The monoisotopic (exact) mass is 236 g/mol. The zero-order valence-electron chi connectivity index (χ0n) is 10.2. The van der Waals surface area contributed by atoms with E-state index < -0.39 is 0 Å². The average molecular weight is 236 g/mol. The lowest BCUT2D eigenvalue weighted by atomic mass is 9.97. The van der Waals surface area contributed by atoms with Crippen molar-refractivity contribution in [3.05, 3.63) is 34.7 Å². The summed E-state index contributed by atoms with van der Waals surface area (Å²) in [6, 6.07) is 5.23. The van der Waals surface area contributed by atoms with Crippen LogP contribution >= 0.6 is 0 Å². The molecule has 2 atom stereocenters. The molecule has 0 aliphatic carbocycles. The highest BCUT2D eigenvalue weighted by molar-refractivity contribution is 4.93. The summed E-state index contributed by atoms with van der Waals surface area (Å²) in [7, 11) is 0. The van der Waals surface area contributed by atoms with Gasteiger partial charge in [-0.15, -0.1) is 0 Å². The molecule has 0 saturated carbocycles. The van der Waals surface area contributed by atoms with E-state index >= 15 is 0 Å². The molecule has 0 amide bonds. The number of aliphatic hydroxyl groups excluding tert-OH is 1. The van der Waals surface area contributed by atoms with Gasteiger partial charge in [-0.3, -0.25) is 4.79 Å². The third-order valence-corrected chi connectivity index (χ3v) is 3.50. The summed E-state index contributed by atoms with van der Waals surface area (Å²) in [5.41, 5.74) is 0.0533. The quantitative estimate of drug-likeness (QED) is 0.833. The normalized spacial score (nSPS) is 26.0. The summed E-state index contributed by atoms with van der Waals surface area (Å²) in [6.45, 7) is 5.52. The molecule has 4 nitrogen and oxygen atoms in total. The summed E-state index contributed by atoms with van der Waals surface area (Å²) in [4.78, 5) is 13.8. The van der Waals surface area contributed by atoms with E-state index in [4.69, 9.17) is 0 Å². The van der Waals surface area contributed by atoms with E-state index in [1.807, 2.05) is 12.3 Å². The zero-order chi connectivity index (χ0) is 12.3. The minimum absolute atomic E-state index is 0.0533. The van der Waals surface area contributed by atoms with Crippen LogP contribution in [0.2, 0.25) is 0 Å². The van der Waals surface area contributed by atoms with Gasteiger partial charge in [0.25, 0.3) is 5.56 Å². The molecular weight excluding hydrogens is 216 g/mol. The third kappa shape index (κ3) is 3.17. The van der Waals surface area contributed by atoms with Crippen molar-refractivity contribution in [2.45, 2.75) is 26.0 Å². The van der Waals surface area contributed by atoms with Gasteiger partial charge in [0.2, 0.25) is 0 Å². The van der Waals surface area contributed by atoms with Crippen LogP contribution in [0.25, 0.3) is 0 Å². The molecule has 2 rings (SSSR count). The molecule has 1 aromatic rings. The molecule has 1 N–H and O–H groups in total. The molecule has 1 aliphatic heterocycles. The fourth-order valence-electron chi connectivity index (χ4n) is 2.32. The van der Waals surface area contributed by atoms with Crippen LogP contribution in [0.1, 0.15) is 13.3 Å².